The summed E-state index contributed by atoms with van der Waals surface area (Å²) in [6.45, 7) is 12.3. The first-order valence-electron chi connectivity index (χ1n) is 8.20. The van der Waals surface area contributed by atoms with Crippen LogP contribution in [0.1, 0.15) is 19.8 Å². The lowest BCUT2D eigenvalue weighted by Crippen LogP contribution is -2.47. The summed E-state index contributed by atoms with van der Waals surface area (Å²) in [6.07, 6.45) is 12.1. The number of rotatable bonds is 7. The molecule has 6 nitrogen and oxygen atoms in total. The molecule has 0 N–H and O–H groups in total. The van der Waals surface area contributed by atoms with E-state index in [1.165, 1.54) is 48.6 Å². The number of hydrogen-bond donors (Lipinski definition) is 0. The Morgan fingerprint density at radius 1 is 0.741 bits per heavy atom. The van der Waals surface area contributed by atoms with Gasteiger partial charge in [-0.1, -0.05) is 50.1 Å². The Morgan fingerprint density at radius 3 is 1.48 bits per heavy atom. The molecule has 1 saturated heterocycles. The molecule has 0 aliphatic carbocycles. The highest BCUT2D eigenvalue weighted by molar-refractivity contribution is 6.17. The highest BCUT2D eigenvalue weighted by atomic mass is 16.2. The summed E-state index contributed by atoms with van der Waals surface area (Å²) in [6, 6.07) is 0. The summed E-state index contributed by atoms with van der Waals surface area (Å²) in [5, 5.41) is 0. The van der Waals surface area contributed by atoms with Crippen LogP contribution in [-0.4, -0.2) is 33.4 Å². The normalized spacial score (nSPS) is 17.5. The van der Waals surface area contributed by atoms with Gasteiger partial charge in [-0.2, -0.15) is 0 Å². The highest BCUT2D eigenvalue weighted by Gasteiger charge is 2.36. The molecule has 0 unspecified atom stereocenters. The predicted octanol–water partition coefficient (Wildman–Crippen LogP) is 2.95. The van der Waals surface area contributed by atoms with Crippen LogP contribution in [0.4, 0.5) is 0 Å². The molecule has 0 aromatic rings. The Kier molecular flexibility index (Phi) is 8.32. The van der Waals surface area contributed by atoms with Crippen molar-refractivity contribution in [2.75, 3.05) is 0 Å². The van der Waals surface area contributed by atoms with Crippen LogP contribution in [-0.2, 0) is 19.2 Å². The molecular weight excluding hydrogens is 344 g/mol. The maximum atomic E-state index is 12.6. The first-order valence-corrected chi connectivity index (χ1v) is 8.20. The van der Waals surface area contributed by atoms with Crippen molar-refractivity contribution in [3.63, 3.8) is 0 Å². The van der Waals surface area contributed by atoms with Crippen LogP contribution in [0.25, 0.3) is 0 Å². The maximum Gasteiger partial charge on any atom is 0.243 e. The largest absolute Gasteiger partial charge is 0.273 e. The van der Waals surface area contributed by atoms with Gasteiger partial charge in [0.2, 0.25) is 23.6 Å². The van der Waals surface area contributed by atoms with Crippen LogP contribution in [0.15, 0.2) is 85.8 Å². The lowest BCUT2D eigenvalue weighted by atomic mass is 10.1. The fourth-order valence-electron chi connectivity index (χ4n) is 2.42. The van der Waals surface area contributed by atoms with Gasteiger partial charge >= 0.3 is 0 Å². The van der Waals surface area contributed by atoms with Crippen molar-refractivity contribution >= 4 is 23.6 Å². The van der Waals surface area contributed by atoms with E-state index in [-0.39, 0.29) is 11.4 Å². The molecule has 1 aliphatic rings. The molecule has 0 aromatic carbocycles. The van der Waals surface area contributed by atoms with E-state index in [4.69, 9.17) is 0 Å². The summed E-state index contributed by atoms with van der Waals surface area (Å²) in [5.74, 6) is -2.91. The third-order valence-electron chi connectivity index (χ3n) is 3.44. The molecule has 27 heavy (non-hydrogen) atoms. The lowest BCUT2D eigenvalue weighted by molar-refractivity contribution is -0.152. The minimum Gasteiger partial charge on any atom is -0.273 e. The van der Waals surface area contributed by atoms with Gasteiger partial charge < -0.3 is 0 Å². The van der Waals surface area contributed by atoms with E-state index in [0.29, 0.717) is 0 Å². The van der Waals surface area contributed by atoms with E-state index in [0.717, 1.165) is 9.80 Å². The van der Waals surface area contributed by atoms with E-state index >= 15 is 0 Å². The molecule has 1 fully saturated rings. The fourth-order valence-corrected chi connectivity index (χ4v) is 2.42. The number of imide groups is 2. The second kappa shape index (κ2) is 10.5. The number of amides is 4. The average molecular weight is 366 g/mol. The lowest BCUT2D eigenvalue weighted by Gasteiger charge is -2.28. The molecule has 0 bridgehead atoms. The van der Waals surface area contributed by atoms with Crippen LogP contribution >= 0.6 is 0 Å². The monoisotopic (exact) mass is 366 g/mol. The Balaban J connectivity index is 3.37. The van der Waals surface area contributed by atoms with Gasteiger partial charge in [-0.3, -0.25) is 19.2 Å². The molecule has 1 heterocycles. The van der Waals surface area contributed by atoms with Crippen LogP contribution < -0.4 is 0 Å². The molecule has 0 aromatic heterocycles. The topological polar surface area (TPSA) is 74.8 Å². The number of nitrogens with zero attached hydrogens (tertiary/aromatic N) is 2. The van der Waals surface area contributed by atoms with E-state index in [2.05, 4.69) is 19.7 Å². The van der Waals surface area contributed by atoms with Crippen molar-refractivity contribution in [3.8, 4) is 0 Å². The Hall–Kier alpha value is -3.54. The van der Waals surface area contributed by atoms with Gasteiger partial charge in [-0.05, 0) is 31.2 Å². The molecule has 4 amide bonds. The summed E-state index contributed by atoms with van der Waals surface area (Å²) < 4.78 is 0. The van der Waals surface area contributed by atoms with Gasteiger partial charge in [0.25, 0.3) is 0 Å². The van der Waals surface area contributed by atoms with E-state index in [1.54, 1.807) is 13.0 Å². The minimum atomic E-state index is -0.734. The number of allylic oxidation sites excluding steroid dienone is 9. The van der Waals surface area contributed by atoms with Crippen molar-refractivity contribution in [1.82, 2.24) is 9.80 Å². The van der Waals surface area contributed by atoms with Gasteiger partial charge in [-0.25, -0.2) is 9.80 Å². The SMILES string of the molecule is C=C/C=C\C(=C/C=C)N1C(=O)CC(=O)N(C(/C=C\C)=C/C=C)C(=O)CC1=O. The number of carbonyl (C=O) groups is 4. The molecule has 140 valence electrons. The minimum absolute atomic E-state index is 0.198. The third kappa shape index (κ3) is 5.47. The van der Waals surface area contributed by atoms with Crippen molar-refractivity contribution in [3.05, 3.63) is 85.8 Å². The average Bonchev–Trinajstić information content (AvgIpc) is 2.59. The molecule has 1 rings (SSSR count). The predicted molar refractivity (Wildman–Crippen MR) is 104 cm³/mol. The summed E-state index contributed by atoms with van der Waals surface area (Å²) >= 11 is 0. The van der Waals surface area contributed by atoms with Crippen LogP contribution in [0.2, 0.25) is 0 Å². The molecule has 1 aliphatic heterocycles. The van der Waals surface area contributed by atoms with Crippen molar-refractivity contribution in [1.29, 1.82) is 0 Å². The molecular formula is C21H22N2O4. The summed E-state index contributed by atoms with van der Waals surface area (Å²) in [7, 11) is 0. The standard InChI is InChI=1S/C21H22N2O4/c1-5-9-13-17(12-8-4)23-20(26)14-18(24)22(19(25)15-21(23)27)16(10-6-2)11-7-3/h5-13H,1-2,4,14-15H2,3H3/b11-7-,13-9-,16-10+,17-12+. The fraction of sp³-hybridized carbons (Fsp3) is 0.143. The van der Waals surface area contributed by atoms with E-state index in [1.807, 2.05) is 0 Å². The Morgan fingerprint density at radius 2 is 1.15 bits per heavy atom. The first kappa shape index (κ1) is 21.5. The zero-order chi connectivity index (χ0) is 20.4. The van der Waals surface area contributed by atoms with Gasteiger partial charge in [0.15, 0.2) is 0 Å². The van der Waals surface area contributed by atoms with Crippen LogP contribution in [0.5, 0.6) is 0 Å². The smallest absolute Gasteiger partial charge is 0.243 e. The zero-order valence-corrected chi connectivity index (χ0v) is 15.3. The van der Waals surface area contributed by atoms with E-state index < -0.39 is 36.5 Å². The van der Waals surface area contributed by atoms with Crippen molar-refractivity contribution < 1.29 is 19.2 Å². The van der Waals surface area contributed by atoms with Gasteiger partial charge in [0, 0.05) is 0 Å². The third-order valence-corrected chi connectivity index (χ3v) is 3.44. The highest BCUT2D eigenvalue weighted by Crippen LogP contribution is 2.20. The Labute approximate surface area is 158 Å². The van der Waals surface area contributed by atoms with Gasteiger partial charge in [0.1, 0.15) is 12.8 Å². The maximum absolute atomic E-state index is 12.6. The molecule has 0 atom stereocenters. The van der Waals surface area contributed by atoms with Gasteiger partial charge in [0.05, 0.1) is 11.4 Å². The Bertz CT molecular complexity index is 767. The number of carbonyl (C=O) groups excluding carboxylic acids is 4. The molecule has 6 heteroatoms. The summed E-state index contributed by atoms with van der Waals surface area (Å²) in [5.41, 5.74) is 0.439. The summed E-state index contributed by atoms with van der Waals surface area (Å²) in [4.78, 5) is 52.1. The number of hydrogen-bond acceptors (Lipinski definition) is 4. The first-order chi connectivity index (χ1) is 12.9. The second-order valence-corrected chi connectivity index (χ2v) is 5.35. The quantitative estimate of drug-likeness (QED) is 0.394. The second-order valence-electron chi connectivity index (χ2n) is 5.35. The molecule has 0 saturated carbocycles. The van der Waals surface area contributed by atoms with Crippen molar-refractivity contribution in [2.45, 2.75) is 19.8 Å². The molecule has 0 spiro atoms. The van der Waals surface area contributed by atoms with Crippen LogP contribution in [0.3, 0.4) is 0 Å². The van der Waals surface area contributed by atoms with E-state index in [9.17, 15) is 19.2 Å². The molecule has 0 radical (unpaired) electrons. The zero-order valence-electron chi connectivity index (χ0n) is 15.3. The van der Waals surface area contributed by atoms with Crippen molar-refractivity contribution in [2.24, 2.45) is 0 Å². The van der Waals surface area contributed by atoms with Crippen LogP contribution in [0, 0.1) is 0 Å². The van der Waals surface area contributed by atoms with Gasteiger partial charge in [-0.15, -0.1) is 0 Å².